The first-order chi connectivity index (χ1) is 14.7. The minimum atomic E-state index is 0.00109. The van der Waals surface area contributed by atoms with E-state index in [4.69, 9.17) is 4.74 Å². The maximum Gasteiger partial charge on any atom is 0.237 e. The SMILES string of the molecule is COc1ccc(N(Cc2cccs2)C(=O)CSc2nncn2-c2ccccc2)cc1. The summed E-state index contributed by atoms with van der Waals surface area (Å²) in [5.74, 6) is 1.01. The van der Waals surface area contributed by atoms with Crippen molar-refractivity contribution in [2.45, 2.75) is 11.7 Å². The second kappa shape index (κ2) is 9.60. The zero-order chi connectivity index (χ0) is 20.8. The highest BCUT2D eigenvalue weighted by atomic mass is 32.2. The lowest BCUT2D eigenvalue weighted by Gasteiger charge is -2.22. The second-order valence-electron chi connectivity index (χ2n) is 6.37. The maximum absolute atomic E-state index is 13.2. The number of benzene rings is 2. The number of hydrogen-bond donors (Lipinski definition) is 0. The highest BCUT2D eigenvalue weighted by Crippen LogP contribution is 2.25. The molecule has 4 rings (SSSR count). The molecule has 0 atom stereocenters. The molecule has 0 unspecified atom stereocenters. The highest BCUT2D eigenvalue weighted by Gasteiger charge is 2.19. The van der Waals surface area contributed by atoms with E-state index < -0.39 is 0 Å². The number of hydrogen-bond acceptors (Lipinski definition) is 6. The zero-order valence-corrected chi connectivity index (χ0v) is 18.0. The summed E-state index contributed by atoms with van der Waals surface area (Å²) in [4.78, 5) is 16.1. The first-order valence-corrected chi connectivity index (χ1v) is 11.2. The number of anilines is 1. The number of rotatable bonds is 8. The Kier molecular flexibility index (Phi) is 6.46. The van der Waals surface area contributed by atoms with Gasteiger partial charge in [-0.15, -0.1) is 21.5 Å². The van der Waals surface area contributed by atoms with Gasteiger partial charge >= 0.3 is 0 Å². The summed E-state index contributed by atoms with van der Waals surface area (Å²) in [7, 11) is 1.63. The van der Waals surface area contributed by atoms with Crippen LogP contribution in [0, 0.1) is 0 Å². The van der Waals surface area contributed by atoms with E-state index in [9.17, 15) is 4.79 Å². The molecule has 1 amide bonds. The van der Waals surface area contributed by atoms with Gasteiger partial charge < -0.3 is 9.64 Å². The Morgan fingerprint density at radius 1 is 1.10 bits per heavy atom. The van der Waals surface area contributed by atoms with Gasteiger partial charge in [-0.05, 0) is 47.8 Å². The van der Waals surface area contributed by atoms with Crippen LogP contribution in [0.3, 0.4) is 0 Å². The second-order valence-corrected chi connectivity index (χ2v) is 8.34. The minimum Gasteiger partial charge on any atom is -0.497 e. The first kappa shape index (κ1) is 20.2. The molecule has 0 bridgehead atoms. The van der Waals surface area contributed by atoms with Gasteiger partial charge in [0.15, 0.2) is 5.16 Å². The van der Waals surface area contributed by atoms with Crippen LogP contribution in [0.2, 0.25) is 0 Å². The molecule has 0 saturated heterocycles. The van der Waals surface area contributed by atoms with Crippen LogP contribution in [0.5, 0.6) is 5.75 Å². The Morgan fingerprint density at radius 3 is 2.60 bits per heavy atom. The van der Waals surface area contributed by atoms with Gasteiger partial charge in [0.05, 0.1) is 19.4 Å². The summed E-state index contributed by atoms with van der Waals surface area (Å²) in [6.07, 6.45) is 1.66. The van der Waals surface area contributed by atoms with Gasteiger partial charge in [0.25, 0.3) is 0 Å². The van der Waals surface area contributed by atoms with Crippen molar-refractivity contribution >= 4 is 34.7 Å². The maximum atomic E-state index is 13.2. The molecule has 0 aliphatic heterocycles. The lowest BCUT2D eigenvalue weighted by molar-refractivity contribution is -0.116. The largest absolute Gasteiger partial charge is 0.497 e. The molecular formula is C22H20N4O2S2. The molecule has 6 nitrogen and oxygen atoms in total. The van der Waals surface area contributed by atoms with Crippen molar-refractivity contribution in [3.05, 3.63) is 83.3 Å². The fourth-order valence-electron chi connectivity index (χ4n) is 2.94. The van der Waals surface area contributed by atoms with Gasteiger partial charge in [-0.3, -0.25) is 9.36 Å². The Labute approximate surface area is 183 Å². The number of ether oxygens (including phenoxy) is 1. The van der Waals surface area contributed by atoms with E-state index >= 15 is 0 Å². The van der Waals surface area contributed by atoms with Crippen LogP contribution >= 0.6 is 23.1 Å². The summed E-state index contributed by atoms with van der Waals surface area (Å²) in [6.45, 7) is 0.523. The standard InChI is InChI=1S/C22H20N4O2S2/c1-28-19-11-9-18(10-12-19)25(14-20-8-5-13-29-20)21(27)15-30-22-24-23-16-26(22)17-6-3-2-4-7-17/h2-13,16H,14-15H2,1H3. The van der Waals surface area contributed by atoms with Gasteiger partial charge in [-0.25, -0.2) is 0 Å². The molecule has 2 aromatic heterocycles. The number of carbonyl (C=O) groups excluding carboxylic acids is 1. The quantitative estimate of drug-likeness (QED) is 0.376. The predicted octanol–water partition coefficient (Wildman–Crippen LogP) is 4.66. The van der Waals surface area contributed by atoms with E-state index in [1.807, 2.05) is 76.7 Å². The van der Waals surface area contributed by atoms with Crippen LogP contribution in [0.25, 0.3) is 5.69 Å². The lowest BCUT2D eigenvalue weighted by atomic mass is 10.2. The Bertz CT molecular complexity index is 1080. The summed E-state index contributed by atoms with van der Waals surface area (Å²) in [6, 6.07) is 21.4. The monoisotopic (exact) mass is 436 g/mol. The van der Waals surface area contributed by atoms with Gasteiger partial charge in [0.1, 0.15) is 12.1 Å². The van der Waals surface area contributed by atoms with Crippen molar-refractivity contribution in [2.24, 2.45) is 0 Å². The molecule has 0 fully saturated rings. The first-order valence-electron chi connectivity index (χ1n) is 9.29. The Morgan fingerprint density at radius 2 is 1.90 bits per heavy atom. The molecule has 0 spiro atoms. The van der Waals surface area contributed by atoms with Crippen LogP contribution in [-0.2, 0) is 11.3 Å². The fraction of sp³-hybridized carbons (Fsp3) is 0.136. The molecule has 4 aromatic rings. The van der Waals surface area contributed by atoms with Crippen molar-refractivity contribution in [3.63, 3.8) is 0 Å². The third-order valence-corrected chi connectivity index (χ3v) is 6.24. The minimum absolute atomic E-state index is 0.00109. The van der Waals surface area contributed by atoms with Crippen LogP contribution in [0.15, 0.2) is 83.6 Å². The van der Waals surface area contributed by atoms with Crippen molar-refractivity contribution in [2.75, 3.05) is 17.8 Å². The third kappa shape index (κ3) is 4.72. The number of thioether (sulfide) groups is 1. The lowest BCUT2D eigenvalue weighted by Crippen LogP contribution is -2.31. The topological polar surface area (TPSA) is 60.2 Å². The molecule has 0 aliphatic rings. The average molecular weight is 437 g/mol. The van der Waals surface area contributed by atoms with E-state index in [0.29, 0.717) is 11.7 Å². The highest BCUT2D eigenvalue weighted by molar-refractivity contribution is 7.99. The molecule has 2 aromatic carbocycles. The van der Waals surface area contributed by atoms with Crippen molar-refractivity contribution in [3.8, 4) is 11.4 Å². The molecule has 2 heterocycles. The van der Waals surface area contributed by atoms with Gasteiger partial charge in [0.2, 0.25) is 5.91 Å². The number of thiophene rings is 1. The van der Waals surface area contributed by atoms with Gasteiger partial charge in [-0.1, -0.05) is 36.0 Å². The summed E-state index contributed by atoms with van der Waals surface area (Å²) >= 11 is 3.01. The Balaban J connectivity index is 1.51. The molecule has 152 valence electrons. The molecule has 8 heteroatoms. The van der Waals surface area contributed by atoms with E-state index in [2.05, 4.69) is 10.2 Å². The zero-order valence-electron chi connectivity index (χ0n) is 16.3. The summed E-state index contributed by atoms with van der Waals surface area (Å²) in [5.41, 5.74) is 1.79. The van der Waals surface area contributed by atoms with Crippen molar-refractivity contribution < 1.29 is 9.53 Å². The normalized spacial score (nSPS) is 10.7. The molecule has 0 N–H and O–H groups in total. The van der Waals surface area contributed by atoms with Gasteiger partial charge in [-0.2, -0.15) is 0 Å². The smallest absolute Gasteiger partial charge is 0.237 e. The van der Waals surface area contributed by atoms with Crippen LogP contribution in [0.4, 0.5) is 5.69 Å². The number of para-hydroxylation sites is 1. The number of carbonyl (C=O) groups is 1. The number of aromatic nitrogens is 3. The molecule has 0 aliphatic carbocycles. The van der Waals surface area contributed by atoms with Crippen LogP contribution in [0.1, 0.15) is 4.88 Å². The van der Waals surface area contributed by atoms with Crippen molar-refractivity contribution in [1.82, 2.24) is 14.8 Å². The molecule has 0 radical (unpaired) electrons. The van der Waals surface area contributed by atoms with Crippen LogP contribution < -0.4 is 9.64 Å². The van der Waals surface area contributed by atoms with Crippen molar-refractivity contribution in [1.29, 1.82) is 0 Å². The van der Waals surface area contributed by atoms with E-state index in [1.54, 1.807) is 29.7 Å². The average Bonchev–Trinajstić information content (AvgIpc) is 3.48. The fourth-order valence-corrected chi connectivity index (χ4v) is 4.43. The van der Waals surface area contributed by atoms with E-state index in [0.717, 1.165) is 22.0 Å². The summed E-state index contributed by atoms with van der Waals surface area (Å²) < 4.78 is 7.13. The van der Waals surface area contributed by atoms with E-state index in [-0.39, 0.29) is 11.7 Å². The van der Waals surface area contributed by atoms with Gasteiger partial charge in [0, 0.05) is 16.3 Å². The Hall–Kier alpha value is -3.10. The molecule has 0 saturated carbocycles. The number of nitrogens with zero attached hydrogens (tertiary/aromatic N) is 4. The predicted molar refractivity (Wildman–Crippen MR) is 121 cm³/mol. The summed E-state index contributed by atoms with van der Waals surface area (Å²) in [5, 5.41) is 10.9. The third-order valence-electron chi connectivity index (χ3n) is 4.45. The van der Waals surface area contributed by atoms with E-state index in [1.165, 1.54) is 11.8 Å². The number of amides is 1. The van der Waals surface area contributed by atoms with Crippen LogP contribution in [-0.4, -0.2) is 33.5 Å². The number of methoxy groups -OCH3 is 1. The molecule has 30 heavy (non-hydrogen) atoms. The molecular weight excluding hydrogens is 416 g/mol.